The fourth-order valence-electron chi connectivity index (χ4n) is 1.47. The molecule has 22 heavy (non-hydrogen) atoms. The van der Waals surface area contributed by atoms with Gasteiger partial charge in [0.15, 0.2) is 0 Å². The minimum atomic E-state index is -0.519. The van der Waals surface area contributed by atoms with Crippen molar-refractivity contribution in [1.82, 2.24) is 10.3 Å². The number of esters is 1. The Kier molecular flexibility index (Phi) is 5.74. The van der Waals surface area contributed by atoms with Crippen molar-refractivity contribution in [2.24, 2.45) is 0 Å². The summed E-state index contributed by atoms with van der Waals surface area (Å²) in [5.41, 5.74) is 0.239. The molecule has 0 fully saturated rings. The molecule has 0 saturated heterocycles. The molecule has 0 bridgehead atoms. The highest BCUT2D eigenvalue weighted by molar-refractivity contribution is 7.09. The molecule has 1 aromatic heterocycles. The molecule has 0 spiro atoms. The first-order chi connectivity index (χ1) is 10.6. The molecule has 0 aliphatic rings. The summed E-state index contributed by atoms with van der Waals surface area (Å²) < 4.78 is 9.98. The number of aromatic nitrogens is 1. The zero-order chi connectivity index (χ0) is 15.9. The van der Waals surface area contributed by atoms with Gasteiger partial charge in [0.05, 0.1) is 7.11 Å². The molecule has 1 amide bonds. The van der Waals surface area contributed by atoms with Crippen molar-refractivity contribution < 1.29 is 19.1 Å². The Morgan fingerprint density at radius 2 is 2.05 bits per heavy atom. The van der Waals surface area contributed by atoms with E-state index in [1.807, 2.05) is 0 Å². The van der Waals surface area contributed by atoms with Gasteiger partial charge in [0.1, 0.15) is 29.6 Å². The fourth-order valence-corrected chi connectivity index (χ4v) is 2.28. The summed E-state index contributed by atoms with van der Waals surface area (Å²) in [7, 11) is 1.25. The van der Waals surface area contributed by atoms with Crippen LogP contribution in [0.5, 0.6) is 5.75 Å². The lowest BCUT2D eigenvalue weighted by Crippen LogP contribution is -2.30. The van der Waals surface area contributed by atoms with Crippen molar-refractivity contribution >= 4 is 34.8 Å². The summed E-state index contributed by atoms with van der Waals surface area (Å²) in [6.07, 6.45) is 0. The number of thiazole rings is 1. The van der Waals surface area contributed by atoms with Crippen molar-refractivity contribution in [2.45, 2.75) is 6.61 Å². The SMILES string of the molecule is COC(=O)CNC(=O)c1csc(COc2ccc(Cl)cc2)n1. The van der Waals surface area contributed by atoms with Crippen molar-refractivity contribution in [3.63, 3.8) is 0 Å². The molecule has 1 N–H and O–H groups in total. The van der Waals surface area contributed by atoms with Crippen LogP contribution in [0.3, 0.4) is 0 Å². The first-order valence-corrected chi connectivity index (χ1v) is 7.52. The molecule has 116 valence electrons. The van der Waals surface area contributed by atoms with Crippen LogP contribution in [0.25, 0.3) is 0 Å². The van der Waals surface area contributed by atoms with Gasteiger partial charge in [-0.25, -0.2) is 4.98 Å². The lowest BCUT2D eigenvalue weighted by Gasteiger charge is -2.03. The maximum absolute atomic E-state index is 11.8. The van der Waals surface area contributed by atoms with E-state index in [1.54, 1.807) is 29.6 Å². The van der Waals surface area contributed by atoms with Crippen molar-refractivity contribution in [3.05, 3.63) is 45.4 Å². The van der Waals surface area contributed by atoms with Crippen LogP contribution < -0.4 is 10.1 Å². The number of carbonyl (C=O) groups is 2. The van der Waals surface area contributed by atoms with Crippen LogP contribution in [0.1, 0.15) is 15.5 Å². The molecule has 2 rings (SSSR count). The number of methoxy groups -OCH3 is 1. The van der Waals surface area contributed by atoms with Crippen LogP contribution in [-0.4, -0.2) is 30.5 Å². The average molecular weight is 341 g/mol. The normalized spacial score (nSPS) is 10.1. The third-order valence-electron chi connectivity index (χ3n) is 2.58. The molecule has 0 unspecified atom stereocenters. The zero-order valence-corrected chi connectivity index (χ0v) is 13.2. The summed E-state index contributed by atoms with van der Waals surface area (Å²) in [6.45, 7) is 0.0556. The minimum absolute atomic E-state index is 0.191. The number of nitrogens with one attached hydrogen (secondary N) is 1. The Hall–Kier alpha value is -2.12. The van der Waals surface area contributed by atoms with Gasteiger partial charge in [-0.1, -0.05) is 11.6 Å². The van der Waals surface area contributed by atoms with E-state index >= 15 is 0 Å². The number of rotatable bonds is 6. The van der Waals surface area contributed by atoms with Gasteiger partial charge in [0.25, 0.3) is 5.91 Å². The van der Waals surface area contributed by atoms with Crippen LogP contribution in [0.2, 0.25) is 5.02 Å². The van der Waals surface area contributed by atoms with Gasteiger partial charge < -0.3 is 14.8 Å². The van der Waals surface area contributed by atoms with E-state index in [4.69, 9.17) is 16.3 Å². The maximum Gasteiger partial charge on any atom is 0.325 e. The van der Waals surface area contributed by atoms with Crippen LogP contribution >= 0.6 is 22.9 Å². The highest BCUT2D eigenvalue weighted by atomic mass is 35.5. The Morgan fingerprint density at radius 3 is 2.73 bits per heavy atom. The fraction of sp³-hybridized carbons (Fsp3) is 0.214. The van der Waals surface area contributed by atoms with E-state index in [0.29, 0.717) is 15.8 Å². The van der Waals surface area contributed by atoms with E-state index in [2.05, 4.69) is 15.0 Å². The Bertz CT molecular complexity index is 657. The van der Waals surface area contributed by atoms with E-state index in [9.17, 15) is 9.59 Å². The standard InChI is InChI=1S/C14H13ClN2O4S/c1-20-13(18)6-16-14(19)11-8-22-12(17-11)7-21-10-4-2-9(15)3-5-10/h2-5,8H,6-7H2,1H3,(H,16,19). The quantitative estimate of drug-likeness (QED) is 0.816. The molecule has 0 atom stereocenters. The lowest BCUT2D eigenvalue weighted by molar-refractivity contribution is -0.139. The van der Waals surface area contributed by atoms with Crippen LogP contribution in [0.15, 0.2) is 29.6 Å². The third-order valence-corrected chi connectivity index (χ3v) is 3.66. The van der Waals surface area contributed by atoms with Gasteiger partial charge in [-0.2, -0.15) is 0 Å². The average Bonchev–Trinajstić information content (AvgIpc) is 3.00. The molecule has 0 saturated carbocycles. The number of hydrogen-bond donors (Lipinski definition) is 1. The van der Waals surface area contributed by atoms with Gasteiger partial charge in [0.2, 0.25) is 0 Å². The van der Waals surface area contributed by atoms with Gasteiger partial charge >= 0.3 is 5.97 Å². The number of halogens is 1. The molecular formula is C14H13ClN2O4S. The molecular weight excluding hydrogens is 328 g/mol. The number of amides is 1. The Morgan fingerprint density at radius 1 is 1.32 bits per heavy atom. The second-order valence-corrected chi connectivity index (χ2v) is 5.51. The Labute approximate surface area is 136 Å². The molecule has 0 radical (unpaired) electrons. The lowest BCUT2D eigenvalue weighted by atomic mass is 10.3. The van der Waals surface area contributed by atoms with Gasteiger partial charge in [-0.3, -0.25) is 9.59 Å². The smallest absolute Gasteiger partial charge is 0.325 e. The van der Waals surface area contributed by atoms with Crippen molar-refractivity contribution in [1.29, 1.82) is 0 Å². The summed E-state index contributed by atoms with van der Waals surface area (Å²) in [5, 5.41) is 5.30. The first kappa shape index (κ1) is 16.3. The van der Waals surface area contributed by atoms with Crippen molar-refractivity contribution in [2.75, 3.05) is 13.7 Å². The molecule has 8 heteroatoms. The minimum Gasteiger partial charge on any atom is -0.486 e. The molecule has 0 aliphatic heterocycles. The predicted molar refractivity (Wildman–Crippen MR) is 82.2 cm³/mol. The van der Waals surface area contributed by atoms with Gasteiger partial charge in [0, 0.05) is 10.4 Å². The van der Waals surface area contributed by atoms with Gasteiger partial charge in [-0.05, 0) is 24.3 Å². The van der Waals surface area contributed by atoms with Gasteiger partial charge in [-0.15, -0.1) is 11.3 Å². The number of carbonyl (C=O) groups excluding carboxylic acids is 2. The van der Waals surface area contributed by atoms with Crippen LogP contribution in [-0.2, 0) is 16.1 Å². The zero-order valence-electron chi connectivity index (χ0n) is 11.7. The summed E-state index contributed by atoms with van der Waals surface area (Å²) in [4.78, 5) is 26.9. The summed E-state index contributed by atoms with van der Waals surface area (Å²) in [6, 6.07) is 6.95. The predicted octanol–water partition coefficient (Wildman–Crippen LogP) is 2.28. The largest absolute Gasteiger partial charge is 0.486 e. The number of nitrogens with zero attached hydrogens (tertiary/aromatic N) is 1. The van der Waals surface area contributed by atoms with Crippen LogP contribution in [0, 0.1) is 0 Å². The van der Waals surface area contributed by atoms with E-state index in [-0.39, 0.29) is 18.8 Å². The second-order valence-electron chi connectivity index (χ2n) is 4.13. The van der Waals surface area contributed by atoms with Crippen LogP contribution in [0.4, 0.5) is 0 Å². The topological polar surface area (TPSA) is 77.5 Å². The second kappa shape index (κ2) is 7.77. The number of benzene rings is 1. The van der Waals surface area contributed by atoms with E-state index in [0.717, 1.165) is 0 Å². The molecule has 1 aromatic carbocycles. The third kappa shape index (κ3) is 4.71. The van der Waals surface area contributed by atoms with E-state index < -0.39 is 11.9 Å². The summed E-state index contributed by atoms with van der Waals surface area (Å²) >= 11 is 7.09. The molecule has 6 nitrogen and oxygen atoms in total. The molecule has 2 aromatic rings. The van der Waals surface area contributed by atoms with Crippen molar-refractivity contribution in [3.8, 4) is 5.75 Å². The first-order valence-electron chi connectivity index (χ1n) is 6.26. The molecule has 0 aliphatic carbocycles. The summed E-state index contributed by atoms with van der Waals surface area (Å²) in [5.74, 6) is -0.287. The van der Waals surface area contributed by atoms with E-state index in [1.165, 1.54) is 18.4 Å². The molecule has 1 heterocycles. The highest BCUT2D eigenvalue weighted by Gasteiger charge is 2.12. The number of hydrogen-bond acceptors (Lipinski definition) is 6. The Balaban J connectivity index is 1.86. The number of ether oxygens (including phenoxy) is 2. The monoisotopic (exact) mass is 340 g/mol. The highest BCUT2D eigenvalue weighted by Crippen LogP contribution is 2.18. The maximum atomic E-state index is 11.8.